The Morgan fingerprint density at radius 1 is 1.05 bits per heavy atom. The Morgan fingerprint density at radius 2 is 1.65 bits per heavy atom. The Morgan fingerprint density at radius 3 is 2.20 bits per heavy atom. The van der Waals surface area contributed by atoms with E-state index in [0.29, 0.717) is 11.8 Å². The fourth-order valence-corrected chi connectivity index (χ4v) is 2.24. The van der Waals surface area contributed by atoms with Gasteiger partial charge in [-0.15, -0.1) is 0 Å². The van der Waals surface area contributed by atoms with Crippen LogP contribution in [0.5, 0.6) is 0 Å². The summed E-state index contributed by atoms with van der Waals surface area (Å²) in [6.45, 7) is 0. The zero-order chi connectivity index (χ0) is 14.9. The molecule has 2 rings (SSSR count). The van der Waals surface area contributed by atoms with Crippen LogP contribution >= 0.6 is 11.8 Å². The Kier molecular flexibility index (Phi) is 3.85. The predicted molar refractivity (Wildman–Crippen MR) is 64.1 cm³/mol. The van der Waals surface area contributed by atoms with Crippen molar-refractivity contribution < 1.29 is 22.0 Å². The number of hydrogen-bond acceptors (Lipinski definition) is 3. The van der Waals surface area contributed by atoms with Gasteiger partial charge in [-0.1, -0.05) is 11.8 Å². The predicted octanol–water partition coefficient (Wildman–Crippen LogP) is 4.11. The van der Waals surface area contributed by atoms with Gasteiger partial charge in [0.05, 0.1) is 10.5 Å². The molecule has 0 unspecified atom stereocenters. The van der Waals surface area contributed by atoms with Crippen molar-refractivity contribution in [1.82, 2.24) is 4.98 Å². The van der Waals surface area contributed by atoms with Gasteiger partial charge in [0.2, 0.25) is 0 Å². The number of nitrogens with zero attached hydrogens (tertiary/aromatic N) is 1. The molecule has 106 valence electrons. The molecule has 0 saturated heterocycles. The summed E-state index contributed by atoms with van der Waals surface area (Å²) < 4.78 is 64.6. The van der Waals surface area contributed by atoms with Crippen LogP contribution in [0, 0.1) is 11.6 Å². The molecule has 0 radical (unpaired) electrons. The molecule has 1 heterocycles. The summed E-state index contributed by atoms with van der Waals surface area (Å²) in [4.78, 5) is 3.20. The van der Waals surface area contributed by atoms with E-state index in [9.17, 15) is 22.0 Å². The van der Waals surface area contributed by atoms with E-state index in [1.54, 1.807) is 0 Å². The van der Waals surface area contributed by atoms with E-state index in [-0.39, 0.29) is 10.7 Å². The monoisotopic (exact) mass is 306 g/mol. The van der Waals surface area contributed by atoms with Crippen molar-refractivity contribution >= 4 is 17.4 Å². The van der Waals surface area contributed by atoms with Gasteiger partial charge in [-0.3, -0.25) is 0 Å². The van der Waals surface area contributed by atoms with Gasteiger partial charge >= 0.3 is 6.18 Å². The fraction of sp³-hybridized carbons (Fsp3) is 0.0833. The maximum Gasteiger partial charge on any atom is 0.416 e. The van der Waals surface area contributed by atoms with E-state index >= 15 is 0 Å². The molecule has 20 heavy (non-hydrogen) atoms. The maximum atomic E-state index is 13.5. The smallest absolute Gasteiger partial charge is 0.399 e. The van der Waals surface area contributed by atoms with Crippen molar-refractivity contribution in [1.29, 1.82) is 0 Å². The molecule has 0 bridgehead atoms. The molecule has 2 nitrogen and oxygen atoms in total. The van der Waals surface area contributed by atoms with Crippen molar-refractivity contribution in [3.8, 4) is 0 Å². The summed E-state index contributed by atoms with van der Waals surface area (Å²) >= 11 is 0.463. The summed E-state index contributed by atoms with van der Waals surface area (Å²) in [5, 5.41) is -0.164. The van der Waals surface area contributed by atoms with E-state index in [4.69, 9.17) is 5.73 Å². The first-order valence-corrected chi connectivity index (χ1v) is 6.04. The first-order valence-electron chi connectivity index (χ1n) is 5.23. The van der Waals surface area contributed by atoms with E-state index in [1.165, 1.54) is 0 Å². The number of hydrogen-bond donors (Lipinski definition) is 1. The molecule has 1 aromatic heterocycles. The quantitative estimate of drug-likeness (QED) is 0.670. The van der Waals surface area contributed by atoms with Gasteiger partial charge in [-0.05, 0) is 24.3 Å². The van der Waals surface area contributed by atoms with Gasteiger partial charge in [0.25, 0.3) is 0 Å². The molecule has 0 fully saturated rings. The highest BCUT2D eigenvalue weighted by Crippen LogP contribution is 2.35. The highest BCUT2D eigenvalue weighted by atomic mass is 32.2. The van der Waals surface area contributed by atoms with E-state index in [2.05, 4.69) is 4.98 Å². The molecule has 0 atom stereocenters. The molecular formula is C12H7F5N2S. The Labute approximate surface area is 114 Å². The Hall–Kier alpha value is -1.83. The minimum atomic E-state index is -4.55. The minimum Gasteiger partial charge on any atom is -0.399 e. The third-order valence-corrected chi connectivity index (χ3v) is 3.32. The summed E-state index contributed by atoms with van der Waals surface area (Å²) in [7, 11) is 0. The van der Waals surface area contributed by atoms with Crippen molar-refractivity contribution in [3.05, 3.63) is 47.7 Å². The van der Waals surface area contributed by atoms with E-state index in [0.717, 1.165) is 30.5 Å². The largest absolute Gasteiger partial charge is 0.416 e. The number of alkyl halides is 3. The minimum absolute atomic E-state index is 0.110. The number of benzene rings is 1. The van der Waals surface area contributed by atoms with Crippen LogP contribution in [0.4, 0.5) is 27.6 Å². The second-order valence-corrected chi connectivity index (χ2v) is 4.83. The molecule has 2 N–H and O–H groups in total. The van der Waals surface area contributed by atoms with Gasteiger partial charge in [-0.25, -0.2) is 13.8 Å². The number of anilines is 1. The maximum absolute atomic E-state index is 13.5. The molecule has 0 saturated carbocycles. The molecule has 8 heteroatoms. The SMILES string of the molecule is Nc1cc(F)c(Sc2cc(C(F)(F)F)ccn2)c(F)c1. The van der Waals surface area contributed by atoms with Crippen LogP contribution in [-0.2, 0) is 6.18 Å². The van der Waals surface area contributed by atoms with Crippen LogP contribution in [0.3, 0.4) is 0 Å². The zero-order valence-electron chi connectivity index (χ0n) is 9.71. The van der Waals surface area contributed by atoms with Crippen molar-refractivity contribution in [2.45, 2.75) is 16.1 Å². The van der Waals surface area contributed by atoms with Gasteiger partial charge < -0.3 is 5.73 Å². The number of nitrogen functional groups attached to an aromatic ring is 1. The summed E-state index contributed by atoms with van der Waals surface area (Å²) in [5.74, 6) is -1.90. The number of pyridine rings is 1. The molecule has 0 amide bonds. The lowest BCUT2D eigenvalue weighted by Gasteiger charge is -2.09. The Balaban J connectivity index is 2.36. The highest BCUT2D eigenvalue weighted by Gasteiger charge is 2.31. The van der Waals surface area contributed by atoms with Gasteiger partial charge in [0.1, 0.15) is 16.7 Å². The second-order valence-electron chi connectivity index (χ2n) is 3.80. The normalized spacial score (nSPS) is 11.7. The molecule has 0 aliphatic heterocycles. The van der Waals surface area contributed by atoms with E-state index in [1.807, 2.05) is 0 Å². The third-order valence-electron chi connectivity index (χ3n) is 2.29. The lowest BCUT2D eigenvalue weighted by molar-refractivity contribution is -0.137. The fourth-order valence-electron chi connectivity index (χ4n) is 1.42. The van der Waals surface area contributed by atoms with Crippen LogP contribution in [0.2, 0.25) is 0 Å². The van der Waals surface area contributed by atoms with Crippen LogP contribution < -0.4 is 5.73 Å². The second kappa shape index (κ2) is 5.28. The highest BCUT2D eigenvalue weighted by molar-refractivity contribution is 7.99. The first kappa shape index (κ1) is 14.6. The van der Waals surface area contributed by atoms with Crippen molar-refractivity contribution in [2.24, 2.45) is 0 Å². The number of aromatic nitrogens is 1. The van der Waals surface area contributed by atoms with E-state index < -0.39 is 28.3 Å². The average molecular weight is 306 g/mol. The van der Waals surface area contributed by atoms with Gasteiger partial charge in [-0.2, -0.15) is 13.2 Å². The standard InChI is InChI=1S/C12H7F5N2S/c13-8-4-7(18)5-9(14)11(8)20-10-3-6(1-2-19-10)12(15,16)17/h1-5H,18H2. The number of rotatable bonds is 2. The number of nitrogens with two attached hydrogens (primary N) is 1. The summed E-state index contributed by atoms with van der Waals surface area (Å²) in [5.41, 5.74) is 4.20. The lowest BCUT2D eigenvalue weighted by Crippen LogP contribution is -2.05. The van der Waals surface area contributed by atoms with Crippen LogP contribution in [-0.4, -0.2) is 4.98 Å². The molecule has 0 aliphatic rings. The van der Waals surface area contributed by atoms with Gasteiger partial charge in [0, 0.05) is 11.9 Å². The first-order chi connectivity index (χ1) is 9.27. The summed E-state index contributed by atoms with van der Waals surface area (Å²) in [6.07, 6.45) is -3.62. The van der Waals surface area contributed by atoms with Crippen LogP contribution in [0.25, 0.3) is 0 Å². The average Bonchev–Trinajstić information content (AvgIpc) is 2.33. The lowest BCUT2D eigenvalue weighted by atomic mass is 10.3. The topological polar surface area (TPSA) is 38.9 Å². The number of halogens is 5. The molecule has 0 spiro atoms. The van der Waals surface area contributed by atoms with Gasteiger partial charge in [0.15, 0.2) is 0 Å². The van der Waals surface area contributed by atoms with Crippen LogP contribution in [0.1, 0.15) is 5.56 Å². The zero-order valence-corrected chi connectivity index (χ0v) is 10.5. The van der Waals surface area contributed by atoms with Crippen LogP contribution in [0.15, 0.2) is 40.4 Å². The summed E-state index contributed by atoms with van der Waals surface area (Å²) in [6, 6.07) is 3.28. The molecular weight excluding hydrogens is 299 g/mol. The Bertz CT molecular complexity index is 619. The van der Waals surface area contributed by atoms with Crippen molar-refractivity contribution in [3.63, 3.8) is 0 Å². The molecule has 1 aromatic carbocycles. The van der Waals surface area contributed by atoms with Crippen molar-refractivity contribution in [2.75, 3.05) is 5.73 Å². The third kappa shape index (κ3) is 3.19. The molecule has 0 aliphatic carbocycles. The molecule has 2 aromatic rings.